The smallest absolute Gasteiger partial charge is 0.390 e. The summed E-state index contributed by atoms with van der Waals surface area (Å²) in [5, 5.41) is 8.74. The highest BCUT2D eigenvalue weighted by molar-refractivity contribution is 7.89. The highest BCUT2D eigenvalue weighted by Crippen LogP contribution is 2.20. The first-order valence-corrected chi connectivity index (χ1v) is 7.02. The summed E-state index contributed by atoms with van der Waals surface area (Å²) >= 11 is 0. The van der Waals surface area contributed by atoms with Crippen LogP contribution in [0.15, 0.2) is 0 Å². The molecule has 1 atom stereocenters. The summed E-state index contributed by atoms with van der Waals surface area (Å²) in [6.07, 6.45) is -4.90. The normalized spacial score (nSPS) is 14.4. The Labute approximate surface area is 103 Å². The summed E-state index contributed by atoms with van der Waals surface area (Å²) in [5.41, 5.74) is 0. The van der Waals surface area contributed by atoms with E-state index in [2.05, 4.69) is 0 Å². The minimum absolute atomic E-state index is 0.0527. The SMILES string of the molecule is CCCCC(NS(=O)(=O)CCC(F)(F)F)C(=O)O. The first-order chi connectivity index (χ1) is 8.07. The van der Waals surface area contributed by atoms with Crippen LogP contribution in [-0.2, 0) is 14.8 Å². The van der Waals surface area contributed by atoms with Gasteiger partial charge in [-0.1, -0.05) is 19.8 Å². The summed E-state index contributed by atoms with van der Waals surface area (Å²) < 4.78 is 60.0. The van der Waals surface area contributed by atoms with Crippen molar-refractivity contribution >= 4 is 16.0 Å². The third-order valence-corrected chi connectivity index (χ3v) is 3.51. The Morgan fingerprint density at radius 3 is 2.33 bits per heavy atom. The van der Waals surface area contributed by atoms with Crippen molar-refractivity contribution in [3.8, 4) is 0 Å². The third kappa shape index (κ3) is 8.29. The van der Waals surface area contributed by atoms with Crippen LogP contribution in [0.5, 0.6) is 0 Å². The molecule has 0 radical (unpaired) electrons. The lowest BCUT2D eigenvalue weighted by atomic mass is 10.1. The molecule has 18 heavy (non-hydrogen) atoms. The van der Waals surface area contributed by atoms with Gasteiger partial charge in [-0.25, -0.2) is 13.1 Å². The fourth-order valence-corrected chi connectivity index (χ4v) is 2.44. The lowest BCUT2D eigenvalue weighted by Crippen LogP contribution is -2.42. The zero-order valence-corrected chi connectivity index (χ0v) is 10.6. The lowest BCUT2D eigenvalue weighted by Gasteiger charge is -2.14. The van der Waals surface area contributed by atoms with Gasteiger partial charge in [-0.05, 0) is 6.42 Å². The third-order valence-electron chi connectivity index (χ3n) is 2.12. The van der Waals surface area contributed by atoms with Gasteiger partial charge in [-0.3, -0.25) is 4.79 Å². The molecule has 0 aromatic rings. The van der Waals surface area contributed by atoms with E-state index in [1.165, 1.54) is 0 Å². The number of sulfonamides is 1. The molecule has 108 valence electrons. The average molecular weight is 291 g/mol. The van der Waals surface area contributed by atoms with E-state index in [1.807, 2.05) is 0 Å². The number of halogens is 3. The standard InChI is InChI=1S/C9H16F3NO4S/c1-2-3-4-7(8(14)15)13-18(16,17)6-5-9(10,11)12/h7,13H,2-6H2,1H3,(H,14,15). The second-order valence-corrected chi connectivity index (χ2v) is 5.71. The molecular weight excluding hydrogens is 275 g/mol. The fourth-order valence-electron chi connectivity index (χ4n) is 1.17. The average Bonchev–Trinajstić information content (AvgIpc) is 2.20. The van der Waals surface area contributed by atoms with Crippen LogP contribution in [0.3, 0.4) is 0 Å². The number of nitrogens with one attached hydrogen (secondary N) is 1. The van der Waals surface area contributed by atoms with E-state index >= 15 is 0 Å². The number of carbonyl (C=O) groups is 1. The number of carboxylic acids is 1. The van der Waals surface area contributed by atoms with Crippen molar-refractivity contribution < 1.29 is 31.5 Å². The van der Waals surface area contributed by atoms with Crippen molar-refractivity contribution in [1.29, 1.82) is 0 Å². The molecule has 0 heterocycles. The van der Waals surface area contributed by atoms with Gasteiger partial charge in [0.2, 0.25) is 10.0 Å². The summed E-state index contributed by atoms with van der Waals surface area (Å²) in [6, 6.07) is -1.37. The molecule has 2 N–H and O–H groups in total. The van der Waals surface area contributed by atoms with E-state index in [4.69, 9.17) is 5.11 Å². The van der Waals surface area contributed by atoms with Crippen LogP contribution < -0.4 is 4.72 Å². The molecule has 0 rings (SSSR count). The maximum atomic E-state index is 11.9. The van der Waals surface area contributed by atoms with Gasteiger partial charge in [0.15, 0.2) is 0 Å². The molecule has 0 aliphatic heterocycles. The first kappa shape index (κ1) is 17.2. The molecule has 0 saturated carbocycles. The van der Waals surface area contributed by atoms with Crippen molar-refractivity contribution in [2.75, 3.05) is 5.75 Å². The van der Waals surface area contributed by atoms with Gasteiger partial charge in [0, 0.05) is 0 Å². The highest BCUT2D eigenvalue weighted by atomic mass is 32.2. The molecular formula is C9H16F3NO4S. The van der Waals surface area contributed by atoms with Crippen molar-refractivity contribution in [3.63, 3.8) is 0 Å². The molecule has 0 aromatic carbocycles. The second kappa shape index (κ2) is 6.93. The van der Waals surface area contributed by atoms with Crippen molar-refractivity contribution in [2.24, 2.45) is 0 Å². The van der Waals surface area contributed by atoms with E-state index in [0.717, 1.165) is 0 Å². The predicted octanol–water partition coefficient (Wildman–Crippen LogP) is 1.50. The molecule has 1 unspecified atom stereocenters. The van der Waals surface area contributed by atoms with Gasteiger partial charge >= 0.3 is 12.1 Å². The molecule has 5 nitrogen and oxygen atoms in total. The number of rotatable bonds is 8. The van der Waals surface area contributed by atoms with Crippen molar-refractivity contribution in [1.82, 2.24) is 4.72 Å². The Kier molecular flexibility index (Phi) is 6.61. The number of carboxylic acid groups (broad SMARTS) is 1. The van der Waals surface area contributed by atoms with E-state index in [1.54, 1.807) is 11.6 Å². The molecule has 0 spiro atoms. The number of aliphatic carboxylic acids is 1. The predicted molar refractivity (Wildman–Crippen MR) is 58.5 cm³/mol. The van der Waals surface area contributed by atoms with Crippen LogP contribution in [0, 0.1) is 0 Å². The largest absolute Gasteiger partial charge is 0.480 e. The molecule has 0 aliphatic carbocycles. The van der Waals surface area contributed by atoms with E-state index in [0.29, 0.717) is 12.8 Å². The van der Waals surface area contributed by atoms with Gasteiger partial charge in [0.05, 0.1) is 12.2 Å². The maximum absolute atomic E-state index is 11.9. The Morgan fingerprint density at radius 2 is 1.94 bits per heavy atom. The van der Waals surface area contributed by atoms with Crippen LogP contribution >= 0.6 is 0 Å². The monoisotopic (exact) mass is 291 g/mol. The maximum Gasteiger partial charge on any atom is 0.390 e. The lowest BCUT2D eigenvalue weighted by molar-refractivity contribution is -0.139. The zero-order chi connectivity index (χ0) is 14.4. The van der Waals surface area contributed by atoms with Crippen molar-refractivity contribution in [2.45, 2.75) is 44.8 Å². The Hall–Kier alpha value is -0.830. The molecule has 0 saturated heterocycles. The molecule has 0 aliphatic rings. The number of alkyl halides is 3. The Balaban J connectivity index is 4.47. The number of hydrogen-bond acceptors (Lipinski definition) is 3. The molecule has 0 amide bonds. The van der Waals surface area contributed by atoms with Gasteiger partial charge < -0.3 is 5.11 Å². The van der Waals surface area contributed by atoms with Crippen LogP contribution in [-0.4, -0.2) is 37.5 Å². The van der Waals surface area contributed by atoms with E-state index in [-0.39, 0.29) is 6.42 Å². The number of unbranched alkanes of at least 4 members (excludes halogenated alkanes) is 1. The molecule has 0 bridgehead atoms. The molecule has 9 heteroatoms. The van der Waals surface area contributed by atoms with Gasteiger partial charge in [-0.15, -0.1) is 0 Å². The fraction of sp³-hybridized carbons (Fsp3) is 0.889. The quantitative estimate of drug-likeness (QED) is 0.710. The topological polar surface area (TPSA) is 83.5 Å². The van der Waals surface area contributed by atoms with Crippen LogP contribution in [0.25, 0.3) is 0 Å². The zero-order valence-electron chi connectivity index (χ0n) is 9.83. The Bertz CT molecular complexity index is 366. The van der Waals surface area contributed by atoms with Crippen molar-refractivity contribution in [3.05, 3.63) is 0 Å². The second-order valence-electron chi connectivity index (χ2n) is 3.83. The van der Waals surface area contributed by atoms with Crippen LogP contribution in [0.2, 0.25) is 0 Å². The minimum Gasteiger partial charge on any atom is -0.480 e. The first-order valence-electron chi connectivity index (χ1n) is 5.37. The summed E-state index contributed by atoms with van der Waals surface area (Å²) in [4.78, 5) is 10.7. The van der Waals surface area contributed by atoms with Gasteiger partial charge in [0.1, 0.15) is 6.04 Å². The number of hydrogen-bond donors (Lipinski definition) is 2. The van der Waals surface area contributed by atoms with Crippen LogP contribution in [0.4, 0.5) is 13.2 Å². The van der Waals surface area contributed by atoms with Crippen LogP contribution in [0.1, 0.15) is 32.6 Å². The van der Waals surface area contributed by atoms with Gasteiger partial charge in [-0.2, -0.15) is 13.2 Å². The van der Waals surface area contributed by atoms with E-state index < -0.39 is 40.4 Å². The van der Waals surface area contributed by atoms with Gasteiger partial charge in [0.25, 0.3) is 0 Å². The highest BCUT2D eigenvalue weighted by Gasteiger charge is 2.31. The minimum atomic E-state index is -4.59. The molecule has 0 aromatic heterocycles. The Morgan fingerprint density at radius 1 is 1.39 bits per heavy atom. The van der Waals surface area contributed by atoms with E-state index in [9.17, 15) is 26.4 Å². The molecule has 0 fully saturated rings. The summed E-state index contributed by atoms with van der Waals surface area (Å²) in [7, 11) is -4.24. The summed E-state index contributed by atoms with van der Waals surface area (Å²) in [6.45, 7) is 1.79. The summed E-state index contributed by atoms with van der Waals surface area (Å²) in [5.74, 6) is -2.55.